The number of carbonyl (C=O) groups is 1. The van der Waals surface area contributed by atoms with Crippen LogP contribution in [0.1, 0.15) is 26.2 Å². The van der Waals surface area contributed by atoms with E-state index >= 15 is 0 Å². The van der Waals surface area contributed by atoms with Crippen molar-refractivity contribution in [2.45, 2.75) is 38.3 Å². The molecule has 0 aromatic rings. The molecule has 0 amide bonds. The molecule has 1 aliphatic carbocycles. The van der Waals surface area contributed by atoms with Crippen LogP contribution in [-0.4, -0.2) is 72.2 Å². The fraction of sp³-hybridized carbons (Fsp3) is 0.923. The summed E-state index contributed by atoms with van der Waals surface area (Å²) in [5.74, 6) is -0.728. The van der Waals surface area contributed by atoms with Crippen LogP contribution in [0, 0.1) is 0 Å². The lowest BCUT2D eigenvalue weighted by atomic mass is 10.2. The van der Waals surface area contributed by atoms with E-state index in [-0.39, 0.29) is 0 Å². The van der Waals surface area contributed by atoms with Crippen molar-refractivity contribution in [2.24, 2.45) is 0 Å². The highest BCUT2D eigenvalue weighted by molar-refractivity contribution is 5.73. The van der Waals surface area contributed by atoms with Gasteiger partial charge in [0.2, 0.25) is 0 Å². The molecular weight excluding hydrogens is 230 g/mol. The van der Waals surface area contributed by atoms with E-state index in [0.717, 1.165) is 38.8 Å². The van der Waals surface area contributed by atoms with Crippen molar-refractivity contribution in [2.75, 3.05) is 39.3 Å². The molecule has 2 N–H and O–H groups in total. The number of rotatable bonds is 7. The molecule has 1 atom stereocenters. The third-order valence-corrected chi connectivity index (χ3v) is 3.95. The molecule has 0 bridgehead atoms. The molecule has 1 aliphatic heterocycles. The van der Waals surface area contributed by atoms with E-state index in [2.05, 4.69) is 15.1 Å². The minimum absolute atomic E-state index is 0.392. The van der Waals surface area contributed by atoms with Gasteiger partial charge in [0.1, 0.15) is 6.04 Å². The summed E-state index contributed by atoms with van der Waals surface area (Å²) in [7, 11) is 0. The number of carboxylic acid groups (broad SMARTS) is 1. The normalized spacial score (nSPS) is 24.1. The van der Waals surface area contributed by atoms with Crippen LogP contribution >= 0.6 is 0 Å². The Balaban J connectivity index is 1.65. The molecule has 1 unspecified atom stereocenters. The van der Waals surface area contributed by atoms with Crippen LogP contribution in [0.2, 0.25) is 0 Å². The third-order valence-electron chi connectivity index (χ3n) is 3.95. The number of nitrogens with one attached hydrogen (secondary N) is 1. The van der Waals surface area contributed by atoms with Crippen molar-refractivity contribution in [3.8, 4) is 0 Å². The Labute approximate surface area is 109 Å². The minimum atomic E-state index is -0.728. The molecule has 1 saturated carbocycles. The summed E-state index contributed by atoms with van der Waals surface area (Å²) in [4.78, 5) is 16.0. The van der Waals surface area contributed by atoms with E-state index < -0.39 is 12.0 Å². The summed E-state index contributed by atoms with van der Waals surface area (Å²) < 4.78 is 0. The van der Waals surface area contributed by atoms with E-state index in [1.807, 2.05) is 6.92 Å². The van der Waals surface area contributed by atoms with E-state index in [1.54, 1.807) is 0 Å². The predicted octanol–water partition coefficient (Wildman–Crippen LogP) is 0.219. The molecule has 0 aromatic carbocycles. The second-order valence-corrected chi connectivity index (χ2v) is 5.35. The summed E-state index contributed by atoms with van der Waals surface area (Å²) in [6.45, 7) is 8.05. The van der Waals surface area contributed by atoms with Gasteiger partial charge in [0.25, 0.3) is 0 Å². The Morgan fingerprint density at radius 3 is 2.50 bits per heavy atom. The van der Waals surface area contributed by atoms with Crippen LogP contribution in [-0.2, 0) is 4.79 Å². The number of carboxylic acids is 1. The number of piperazine rings is 1. The molecule has 1 heterocycles. The maximum absolute atomic E-state index is 11.0. The lowest BCUT2D eigenvalue weighted by Gasteiger charge is -2.35. The Kier molecular flexibility index (Phi) is 4.97. The fourth-order valence-electron chi connectivity index (χ4n) is 2.66. The first kappa shape index (κ1) is 13.8. The molecule has 2 rings (SSSR count). The van der Waals surface area contributed by atoms with E-state index in [9.17, 15) is 4.79 Å². The zero-order chi connectivity index (χ0) is 13.0. The molecule has 0 spiro atoms. The molecule has 104 valence electrons. The molecule has 0 aromatic heterocycles. The maximum atomic E-state index is 11.0. The SMILES string of the molecule is CCNC(CCN1CCN(C2CC2)CC1)C(=O)O. The number of hydrogen-bond donors (Lipinski definition) is 2. The smallest absolute Gasteiger partial charge is 0.320 e. The maximum Gasteiger partial charge on any atom is 0.320 e. The molecule has 2 fully saturated rings. The highest BCUT2D eigenvalue weighted by Crippen LogP contribution is 2.27. The summed E-state index contributed by atoms with van der Waals surface area (Å²) in [6.07, 6.45) is 3.45. The molecule has 5 nitrogen and oxygen atoms in total. The van der Waals surface area contributed by atoms with Crippen molar-refractivity contribution in [1.29, 1.82) is 0 Å². The highest BCUT2D eigenvalue weighted by Gasteiger charge is 2.31. The summed E-state index contributed by atoms with van der Waals surface area (Å²) in [6, 6.07) is 0.470. The van der Waals surface area contributed by atoms with Gasteiger partial charge in [-0.1, -0.05) is 6.92 Å². The molecular formula is C13H25N3O2. The van der Waals surface area contributed by atoms with Crippen LogP contribution in [0.25, 0.3) is 0 Å². The van der Waals surface area contributed by atoms with Crippen LogP contribution in [0.5, 0.6) is 0 Å². The molecule has 5 heteroatoms. The molecule has 0 radical (unpaired) electrons. The average molecular weight is 255 g/mol. The average Bonchev–Trinajstić information content (AvgIpc) is 3.19. The van der Waals surface area contributed by atoms with Crippen molar-refractivity contribution in [1.82, 2.24) is 15.1 Å². The Hall–Kier alpha value is -0.650. The monoisotopic (exact) mass is 255 g/mol. The van der Waals surface area contributed by atoms with Gasteiger partial charge in [-0.2, -0.15) is 0 Å². The topological polar surface area (TPSA) is 55.8 Å². The van der Waals surface area contributed by atoms with Crippen LogP contribution in [0.3, 0.4) is 0 Å². The predicted molar refractivity (Wildman–Crippen MR) is 70.8 cm³/mol. The van der Waals surface area contributed by atoms with Crippen molar-refractivity contribution in [3.63, 3.8) is 0 Å². The van der Waals surface area contributed by atoms with Gasteiger partial charge in [0, 0.05) is 38.8 Å². The fourth-order valence-corrected chi connectivity index (χ4v) is 2.66. The summed E-state index contributed by atoms with van der Waals surface area (Å²) >= 11 is 0. The summed E-state index contributed by atoms with van der Waals surface area (Å²) in [5, 5.41) is 12.1. The Morgan fingerprint density at radius 2 is 2.00 bits per heavy atom. The van der Waals surface area contributed by atoms with Gasteiger partial charge in [-0.25, -0.2) is 0 Å². The number of nitrogens with zero attached hydrogens (tertiary/aromatic N) is 2. The van der Waals surface area contributed by atoms with Gasteiger partial charge >= 0.3 is 5.97 Å². The lowest BCUT2D eigenvalue weighted by molar-refractivity contribution is -0.139. The first-order valence-electron chi connectivity index (χ1n) is 7.13. The van der Waals surface area contributed by atoms with E-state index in [4.69, 9.17) is 5.11 Å². The van der Waals surface area contributed by atoms with Crippen molar-refractivity contribution in [3.05, 3.63) is 0 Å². The van der Waals surface area contributed by atoms with Gasteiger partial charge in [-0.15, -0.1) is 0 Å². The first-order chi connectivity index (χ1) is 8.70. The van der Waals surface area contributed by atoms with Crippen LogP contribution in [0.15, 0.2) is 0 Å². The van der Waals surface area contributed by atoms with E-state index in [0.29, 0.717) is 13.0 Å². The zero-order valence-corrected chi connectivity index (χ0v) is 11.3. The van der Waals surface area contributed by atoms with Gasteiger partial charge in [-0.05, 0) is 25.8 Å². The number of aliphatic carboxylic acids is 1. The van der Waals surface area contributed by atoms with Gasteiger partial charge in [-0.3, -0.25) is 9.69 Å². The summed E-state index contributed by atoms with van der Waals surface area (Å²) in [5.41, 5.74) is 0. The second-order valence-electron chi connectivity index (χ2n) is 5.35. The number of hydrogen-bond acceptors (Lipinski definition) is 4. The zero-order valence-electron chi connectivity index (χ0n) is 11.3. The Bertz CT molecular complexity index is 273. The molecule has 1 saturated heterocycles. The van der Waals surface area contributed by atoms with E-state index in [1.165, 1.54) is 12.8 Å². The first-order valence-corrected chi connectivity index (χ1v) is 7.13. The number of likely N-dealkylation sites (N-methyl/N-ethyl adjacent to an activating group) is 1. The van der Waals surface area contributed by atoms with Crippen LogP contribution in [0.4, 0.5) is 0 Å². The van der Waals surface area contributed by atoms with Crippen molar-refractivity contribution < 1.29 is 9.90 Å². The van der Waals surface area contributed by atoms with Gasteiger partial charge < -0.3 is 15.3 Å². The molecule has 2 aliphatic rings. The van der Waals surface area contributed by atoms with Crippen LogP contribution < -0.4 is 5.32 Å². The second kappa shape index (κ2) is 6.50. The third kappa shape index (κ3) is 3.93. The minimum Gasteiger partial charge on any atom is -0.480 e. The lowest BCUT2D eigenvalue weighted by Crippen LogP contribution is -2.48. The largest absolute Gasteiger partial charge is 0.480 e. The Morgan fingerprint density at radius 1 is 1.33 bits per heavy atom. The van der Waals surface area contributed by atoms with Gasteiger partial charge in [0.15, 0.2) is 0 Å². The quantitative estimate of drug-likeness (QED) is 0.681. The highest BCUT2D eigenvalue weighted by atomic mass is 16.4. The molecule has 18 heavy (non-hydrogen) atoms. The van der Waals surface area contributed by atoms with Gasteiger partial charge in [0.05, 0.1) is 0 Å². The van der Waals surface area contributed by atoms with Crippen molar-refractivity contribution >= 4 is 5.97 Å². The standard InChI is InChI=1S/C13H25N3O2/c1-2-14-12(13(17)18)5-6-15-7-9-16(10-8-15)11-3-4-11/h11-12,14H,2-10H2,1H3,(H,17,18).